The standard InChI is InChI=1S/C7H16O3S/c1-4-7(6(2)3)5-11(8,9)10/h6-7H,4-5H2,1-3H3,(H,8,9,10). The number of hydrogen-bond donors (Lipinski definition) is 1. The molecule has 3 nitrogen and oxygen atoms in total. The quantitative estimate of drug-likeness (QED) is 0.668. The lowest BCUT2D eigenvalue weighted by molar-refractivity contribution is 0.389. The molecule has 0 aliphatic carbocycles. The summed E-state index contributed by atoms with van der Waals surface area (Å²) in [6.45, 7) is 5.84. The smallest absolute Gasteiger partial charge is 0.265 e. The molecule has 0 aliphatic heterocycles. The minimum atomic E-state index is -3.78. The fourth-order valence-electron chi connectivity index (χ4n) is 1.05. The van der Waals surface area contributed by atoms with E-state index in [1.165, 1.54) is 0 Å². The summed E-state index contributed by atoms with van der Waals surface area (Å²) in [4.78, 5) is 0. The third-order valence-electron chi connectivity index (χ3n) is 1.89. The molecular formula is C7H16O3S. The maximum Gasteiger partial charge on any atom is 0.265 e. The Balaban J connectivity index is 4.10. The summed E-state index contributed by atoms with van der Waals surface area (Å²) in [5.74, 6) is 0.271. The molecule has 0 spiro atoms. The van der Waals surface area contributed by atoms with Gasteiger partial charge in [-0.15, -0.1) is 0 Å². The average molecular weight is 180 g/mol. The molecule has 0 aromatic rings. The van der Waals surface area contributed by atoms with Gasteiger partial charge in [0.15, 0.2) is 0 Å². The van der Waals surface area contributed by atoms with Crippen molar-refractivity contribution < 1.29 is 13.0 Å². The van der Waals surface area contributed by atoms with Crippen LogP contribution in [0.3, 0.4) is 0 Å². The van der Waals surface area contributed by atoms with Gasteiger partial charge in [-0.3, -0.25) is 4.55 Å². The lowest BCUT2D eigenvalue weighted by Crippen LogP contribution is -2.19. The number of rotatable bonds is 4. The zero-order valence-corrected chi connectivity index (χ0v) is 8.06. The van der Waals surface area contributed by atoms with Crippen LogP contribution in [0, 0.1) is 11.8 Å². The molecule has 1 atom stereocenters. The van der Waals surface area contributed by atoms with Crippen molar-refractivity contribution in [1.82, 2.24) is 0 Å². The van der Waals surface area contributed by atoms with Crippen LogP contribution >= 0.6 is 0 Å². The first-order valence-electron chi connectivity index (χ1n) is 3.82. The van der Waals surface area contributed by atoms with Crippen LogP contribution in [0.5, 0.6) is 0 Å². The molecule has 0 saturated heterocycles. The van der Waals surface area contributed by atoms with E-state index in [0.29, 0.717) is 5.92 Å². The summed E-state index contributed by atoms with van der Waals surface area (Å²) in [6, 6.07) is 0. The summed E-state index contributed by atoms with van der Waals surface area (Å²) >= 11 is 0. The van der Waals surface area contributed by atoms with Gasteiger partial charge < -0.3 is 0 Å². The predicted molar refractivity (Wildman–Crippen MR) is 45.0 cm³/mol. The van der Waals surface area contributed by atoms with Crippen molar-refractivity contribution in [2.45, 2.75) is 27.2 Å². The Labute approximate surface area is 68.6 Å². The molecule has 1 unspecified atom stereocenters. The van der Waals surface area contributed by atoms with Gasteiger partial charge >= 0.3 is 0 Å². The van der Waals surface area contributed by atoms with Crippen molar-refractivity contribution in [1.29, 1.82) is 0 Å². The molecule has 11 heavy (non-hydrogen) atoms. The first kappa shape index (κ1) is 10.9. The van der Waals surface area contributed by atoms with Gasteiger partial charge in [0.25, 0.3) is 10.1 Å². The van der Waals surface area contributed by atoms with Crippen molar-refractivity contribution in [3.63, 3.8) is 0 Å². The minimum Gasteiger partial charge on any atom is -0.286 e. The summed E-state index contributed by atoms with van der Waals surface area (Å²) in [7, 11) is -3.78. The van der Waals surface area contributed by atoms with Crippen LogP contribution in [0.25, 0.3) is 0 Å². The Morgan fingerprint density at radius 2 is 1.82 bits per heavy atom. The van der Waals surface area contributed by atoms with Gasteiger partial charge in [-0.1, -0.05) is 27.2 Å². The topological polar surface area (TPSA) is 54.4 Å². The first-order valence-corrected chi connectivity index (χ1v) is 5.43. The van der Waals surface area contributed by atoms with Gasteiger partial charge in [0.1, 0.15) is 0 Å². The highest BCUT2D eigenvalue weighted by molar-refractivity contribution is 7.85. The second-order valence-electron chi connectivity index (χ2n) is 3.16. The van der Waals surface area contributed by atoms with Gasteiger partial charge in [-0.05, 0) is 11.8 Å². The van der Waals surface area contributed by atoms with E-state index in [1.807, 2.05) is 20.8 Å². The van der Waals surface area contributed by atoms with Crippen molar-refractivity contribution in [3.05, 3.63) is 0 Å². The van der Waals surface area contributed by atoms with Crippen molar-refractivity contribution in [3.8, 4) is 0 Å². The summed E-state index contributed by atoms with van der Waals surface area (Å²) < 4.78 is 29.5. The third kappa shape index (κ3) is 5.21. The van der Waals surface area contributed by atoms with E-state index in [4.69, 9.17) is 4.55 Å². The Hall–Kier alpha value is -0.0900. The van der Waals surface area contributed by atoms with Crippen molar-refractivity contribution >= 4 is 10.1 Å². The van der Waals surface area contributed by atoms with Crippen LogP contribution in [0.15, 0.2) is 0 Å². The largest absolute Gasteiger partial charge is 0.286 e. The highest BCUT2D eigenvalue weighted by Crippen LogP contribution is 2.16. The molecular weight excluding hydrogens is 164 g/mol. The molecule has 0 rings (SSSR count). The molecule has 0 saturated carbocycles. The Morgan fingerprint density at radius 1 is 1.36 bits per heavy atom. The van der Waals surface area contributed by atoms with Gasteiger partial charge in [0.05, 0.1) is 5.75 Å². The van der Waals surface area contributed by atoms with E-state index in [2.05, 4.69) is 0 Å². The monoisotopic (exact) mass is 180 g/mol. The Bertz CT molecular complexity index is 194. The van der Waals surface area contributed by atoms with Crippen LogP contribution in [0.2, 0.25) is 0 Å². The Morgan fingerprint density at radius 3 is 1.91 bits per heavy atom. The molecule has 0 bridgehead atoms. The summed E-state index contributed by atoms with van der Waals surface area (Å²) in [5.41, 5.74) is 0. The molecule has 0 aromatic carbocycles. The van der Waals surface area contributed by atoms with Crippen molar-refractivity contribution in [2.24, 2.45) is 11.8 Å². The van der Waals surface area contributed by atoms with Crippen LogP contribution in [0.4, 0.5) is 0 Å². The second-order valence-corrected chi connectivity index (χ2v) is 4.66. The highest BCUT2D eigenvalue weighted by atomic mass is 32.2. The Kier molecular flexibility index (Phi) is 4.03. The molecule has 0 radical (unpaired) electrons. The SMILES string of the molecule is CCC(CS(=O)(=O)O)C(C)C. The molecule has 0 heterocycles. The van der Waals surface area contributed by atoms with E-state index in [9.17, 15) is 8.42 Å². The van der Waals surface area contributed by atoms with Crippen LogP contribution < -0.4 is 0 Å². The van der Waals surface area contributed by atoms with Gasteiger partial charge in [0.2, 0.25) is 0 Å². The number of hydrogen-bond acceptors (Lipinski definition) is 2. The molecule has 0 fully saturated rings. The van der Waals surface area contributed by atoms with Gasteiger partial charge in [-0.2, -0.15) is 8.42 Å². The lowest BCUT2D eigenvalue weighted by atomic mass is 9.96. The van der Waals surface area contributed by atoms with Gasteiger partial charge in [0, 0.05) is 0 Å². The first-order chi connectivity index (χ1) is 4.87. The molecule has 68 valence electrons. The van der Waals surface area contributed by atoms with Crippen LogP contribution in [0.1, 0.15) is 27.2 Å². The van der Waals surface area contributed by atoms with Crippen LogP contribution in [-0.2, 0) is 10.1 Å². The normalized spacial score (nSPS) is 15.4. The zero-order valence-electron chi connectivity index (χ0n) is 7.24. The highest BCUT2D eigenvalue weighted by Gasteiger charge is 2.17. The van der Waals surface area contributed by atoms with Crippen molar-refractivity contribution in [2.75, 3.05) is 5.75 Å². The molecule has 1 N–H and O–H groups in total. The second kappa shape index (κ2) is 4.07. The maximum atomic E-state index is 10.5. The minimum absolute atomic E-state index is 0.0741. The zero-order chi connectivity index (χ0) is 9.07. The fraction of sp³-hybridized carbons (Fsp3) is 1.00. The van der Waals surface area contributed by atoms with Gasteiger partial charge in [-0.25, -0.2) is 0 Å². The summed E-state index contributed by atoms with van der Waals surface area (Å²) in [6.07, 6.45) is 0.789. The fourth-order valence-corrected chi connectivity index (χ4v) is 2.21. The lowest BCUT2D eigenvalue weighted by Gasteiger charge is -2.16. The molecule has 0 amide bonds. The van der Waals surface area contributed by atoms with E-state index in [0.717, 1.165) is 6.42 Å². The molecule has 4 heteroatoms. The summed E-state index contributed by atoms with van der Waals surface area (Å²) in [5, 5.41) is 0. The van der Waals surface area contributed by atoms with E-state index >= 15 is 0 Å². The molecule has 0 aliphatic rings. The molecule has 0 aromatic heterocycles. The predicted octanol–water partition coefficient (Wildman–Crippen LogP) is 1.56. The third-order valence-corrected chi connectivity index (χ3v) is 2.74. The maximum absolute atomic E-state index is 10.5. The van der Waals surface area contributed by atoms with E-state index in [1.54, 1.807) is 0 Å². The average Bonchev–Trinajstić information content (AvgIpc) is 1.80. The van der Waals surface area contributed by atoms with E-state index in [-0.39, 0.29) is 11.7 Å². The van der Waals surface area contributed by atoms with Crippen LogP contribution in [-0.4, -0.2) is 18.7 Å². The van der Waals surface area contributed by atoms with E-state index < -0.39 is 10.1 Å².